The molecule has 2 N–H and O–H groups in total. The van der Waals surface area contributed by atoms with Gasteiger partial charge in [-0.1, -0.05) is 12.1 Å². The second-order valence-corrected chi connectivity index (χ2v) is 5.72. The number of carbonyl (C=O) groups is 1. The van der Waals surface area contributed by atoms with Crippen LogP contribution in [-0.2, 0) is 4.74 Å². The van der Waals surface area contributed by atoms with Gasteiger partial charge in [0, 0.05) is 24.4 Å². The molecule has 1 fully saturated rings. The van der Waals surface area contributed by atoms with Crippen molar-refractivity contribution < 1.29 is 9.53 Å². The van der Waals surface area contributed by atoms with Crippen molar-refractivity contribution in [2.24, 2.45) is 0 Å². The zero-order chi connectivity index (χ0) is 14.5. The van der Waals surface area contributed by atoms with Crippen LogP contribution in [0.25, 0.3) is 0 Å². The lowest BCUT2D eigenvalue weighted by Gasteiger charge is -2.28. The first-order valence-electron chi connectivity index (χ1n) is 7.34. The molecule has 0 aromatic heterocycles. The first-order valence-corrected chi connectivity index (χ1v) is 7.34. The number of ether oxygens (including phenoxy) is 1. The van der Waals surface area contributed by atoms with E-state index in [0.717, 1.165) is 25.1 Å². The molecule has 1 aliphatic heterocycles. The minimum atomic E-state index is -0.00662. The summed E-state index contributed by atoms with van der Waals surface area (Å²) in [5.41, 5.74) is 1.60. The van der Waals surface area contributed by atoms with E-state index in [9.17, 15) is 4.79 Å². The second kappa shape index (κ2) is 6.75. The van der Waals surface area contributed by atoms with Gasteiger partial charge < -0.3 is 15.4 Å². The highest BCUT2D eigenvalue weighted by Gasteiger charge is 2.22. The van der Waals surface area contributed by atoms with Crippen LogP contribution in [0.1, 0.15) is 44.0 Å². The molecule has 0 aliphatic carbocycles. The summed E-state index contributed by atoms with van der Waals surface area (Å²) >= 11 is 0. The van der Waals surface area contributed by atoms with Gasteiger partial charge in [-0.05, 0) is 45.7 Å². The molecule has 1 aromatic carbocycles. The van der Waals surface area contributed by atoms with Crippen LogP contribution >= 0.6 is 0 Å². The second-order valence-electron chi connectivity index (χ2n) is 5.72. The molecule has 0 bridgehead atoms. The van der Waals surface area contributed by atoms with Crippen molar-refractivity contribution in [1.29, 1.82) is 0 Å². The Morgan fingerprint density at radius 3 is 2.80 bits per heavy atom. The maximum atomic E-state index is 12.4. The first kappa shape index (κ1) is 14.9. The number of benzene rings is 1. The third-order valence-electron chi connectivity index (χ3n) is 3.44. The van der Waals surface area contributed by atoms with Crippen LogP contribution in [-0.4, -0.2) is 30.7 Å². The van der Waals surface area contributed by atoms with E-state index in [2.05, 4.69) is 24.5 Å². The summed E-state index contributed by atoms with van der Waals surface area (Å²) < 4.78 is 5.51. The van der Waals surface area contributed by atoms with Gasteiger partial charge in [-0.25, -0.2) is 0 Å². The Balaban J connectivity index is 2.05. The van der Waals surface area contributed by atoms with Crippen molar-refractivity contribution >= 4 is 11.6 Å². The van der Waals surface area contributed by atoms with E-state index in [-0.39, 0.29) is 18.1 Å². The molecule has 1 amide bonds. The Kier molecular flexibility index (Phi) is 5.01. The molecule has 2 atom stereocenters. The van der Waals surface area contributed by atoms with E-state index in [4.69, 9.17) is 4.74 Å². The number of para-hydroxylation sites is 1. The molecule has 4 nitrogen and oxygen atoms in total. The fourth-order valence-corrected chi connectivity index (χ4v) is 2.51. The highest BCUT2D eigenvalue weighted by atomic mass is 16.5. The number of amides is 1. The van der Waals surface area contributed by atoms with Crippen molar-refractivity contribution in [2.75, 3.05) is 11.9 Å². The fourth-order valence-electron chi connectivity index (χ4n) is 2.51. The SMILES string of the molecule is CC(C)Nc1ccccc1C(=O)NC1CCOC(C)C1. The fraction of sp³-hybridized carbons (Fsp3) is 0.562. The van der Waals surface area contributed by atoms with E-state index < -0.39 is 0 Å². The average Bonchev–Trinajstić information content (AvgIpc) is 2.38. The van der Waals surface area contributed by atoms with Gasteiger partial charge in [-0.15, -0.1) is 0 Å². The molecule has 0 spiro atoms. The molecule has 1 saturated heterocycles. The highest BCUT2D eigenvalue weighted by molar-refractivity contribution is 5.99. The summed E-state index contributed by atoms with van der Waals surface area (Å²) in [5, 5.41) is 6.44. The van der Waals surface area contributed by atoms with Crippen molar-refractivity contribution in [2.45, 2.75) is 51.8 Å². The van der Waals surface area contributed by atoms with Gasteiger partial charge in [-0.3, -0.25) is 4.79 Å². The average molecular weight is 276 g/mol. The van der Waals surface area contributed by atoms with Crippen LogP contribution in [0, 0.1) is 0 Å². The van der Waals surface area contributed by atoms with Gasteiger partial charge in [0.05, 0.1) is 11.7 Å². The number of rotatable bonds is 4. The summed E-state index contributed by atoms with van der Waals surface area (Å²) in [6, 6.07) is 8.15. The van der Waals surface area contributed by atoms with Crippen LogP contribution in [0.3, 0.4) is 0 Å². The number of nitrogens with one attached hydrogen (secondary N) is 2. The number of anilines is 1. The lowest BCUT2D eigenvalue weighted by atomic mass is 10.0. The van der Waals surface area contributed by atoms with Crippen molar-refractivity contribution in [1.82, 2.24) is 5.32 Å². The summed E-state index contributed by atoms with van der Waals surface area (Å²) in [6.45, 7) is 6.90. The van der Waals surface area contributed by atoms with Crippen LogP contribution in [0.4, 0.5) is 5.69 Å². The smallest absolute Gasteiger partial charge is 0.253 e. The summed E-state index contributed by atoms with van der Waals surface area (Å²) in [6.07, 6.45) is 1.99. The Labute approximate surface area is 120 Å². The van der Waals surface area contributed by atoms with Gasteiger partial charge in [0.1, 0.15) is 0 Å². The van der Waals surface area contributed by atoms with Gasteiger partial charge in [0.15, 0.2) is 0 Å². The monoisotopic (exact) mass is 276 g/mol. The van der Waals surface area contributed by atoms with Crippen molar-refractivity contribution in [3.63, 3.8) is 0 Å². The van der Waals surface area contributed by atoms with E-state index in [1.807, 2.05) is 31.2 Å². The lowest BCUT2D eigenvalue weighted by molar-refractivity contribution is 0.0137. The van der Waals surface area contributed by atoms with E-state index in [0.29, 0.717) is 11.6 Å². The van der Waals surface area contributed by atoms with E-state index in [1.54, 1.807) is 0 Å². The van der Waals surface area contributed by atoms with Gasteiger partial charge in [-0.2, -0.15) is 0 Å². The maximum Gasteiger partial charge on any atom is 0.253 e. The molecule has 2 unspecified atom stereocenters. The zero-order valence-corrected chi connectivity index (χ0v) is 12.5. The normalized spacial score (nSPS) is 22.6. The molecular weight excluding hydrogens is 252 g/mol. The van der Waals surface area contributed by atoms with Gasteiger partial charge in [0.2, 0.25) is 0 Å². The molecular formula is C16H24N2O2. The van der Waals surface area contributed by atoms with Crippen LogP contribution in [0.2, 0.25) is 0 Å². The highest BCUT2D eigenvalue weighted by Crippen LogP contribution is 2.18. The molecule has 0 radical (unpaired) electrons. The van der Waals surface area contributed by atoms with Crippen LogP contribution in [0.15, 0.2) is 24.3 Å². The molecule has 2 rings (SSSR count). The maximum absolute atomic E-state index is 12.4. The lowest BCUT2D eigenvalue weighted by Crippen LogP contribution is -2.41. The molecule has 1 heterocycles. The standard InChI is InChI=1S/C16H24N2O2/c1-11(2)17-15-7-5-4-6-14(15)16(19)18-13-8-9-20-12(3)10-13/h4-7,11-13,17H,8-10H2,1-3H3,(H,18,19). The Morgan fingerprint density at radius 2 is 2.10 bits per heavy atom. The Bertz CT molecular complexity index is 460. The molecule has 20 heavy (non-hydrogen) atoms. The van der Waals surface area contributed by atoms with Crippen LogP contribution in [0.5, 0.6) is 0 Å². The Hall–Kier alpha value is -1.55. The molecule has 4 heteroatoms. The molecule has 110 valence electrons. The molecule has 1 aliphatic rings. The number of carbonyl (C=O) groups excluding carboxylic acids is 1. The number of hydrogen-bond acceptors (Lipinski definition) is 3. The minimum Gasteiger partial charge on any atom is -0.382 e. The summed E-state index contributed by atoms with van der Waals surface area (Å²) in [5.74, 6) is -0.00662. The Morgan fingerprint density at radius 1 is 1.35 bits per heavy atom. The molecule has 0 saturated carbocycles. The topological polar surface area (TPSA) is 50.4 Å². The predicted octanol–water partition coefficient (Wildman–Crippen LogP) is 2.80. The molecule has 1 aromatic rings. The predicted molar refractivity (Wildman–Crippen MR) is 81.1 cm³/mol. The third kappa shape index (κ3) is 3.97. The largest absolute Gasteiger partial charge is 0.382 e. The summed E-state index contributed by atoms with van der Waals surface area (Å²) in [4.78, 5) is 12.4. The third-order valence-corrected chi connectivity index (χ3v) is 3.44. The zero-order valence-electron chi connectivity index (χ0n) is 12.5. The first-order chi connectivity index (χ1) is 9.56. The van der Waals surface area contributed by atoms with Crippen molar-refractivity contribution in [3.05, 3.63) is 29.8 Å². The number of hydrogen-bond donors (Lipinski definition) is 2. The van der Waals surface area contributed by atoms with Gasteiger partial charge >= 0.3 is 0 Å². The van der Waals surface area contributed by atoms with E-state index >= 15 is 0 Å². The van der Waals surface area contributed by atoms with Crippen molar-refractivity contribution in [3.8, 4) is 0 Å². The minimum absolute atomic E-state index is 0.00662. The van der Waals surface area contributed by atoms with Crippen LogP contribution < -0.4 is 10.6 Å². The summed E-state index contributed by atoms with van der Waals surface area (Å²) in [7, 11) is 0. The van der Waals surface area contributed by atoms with Gasteiger partial charge in [0.25, 0.3) is 5.91 Å². The quantitative estimate of drug-likeness (QED) is 0.889. The van der Waals surface area contributed by atoms with E-state index in [1.165, 1.54) is 0 Å².